The minimum absolute atomic E-state index is 0.368. The molecule has 0 heterocycles. The molecular formula is C26H32O4. The van der Waals surface area contributed by atoms with Gasteiger partial charge in [0.15, 0.2) is 0 Å². The molecule has 0 spiro atoms. The zero-order chi connectivity index (χ0) is 22.8. The highest BCUT2D eigenvalue weighted by Gasteiger charge is 1.90. The number of allylic oxidation sites excluding steroid dienone is 16. The van der Waals surface area contributed by atoms with Crippen molar-refractivity contribution in [1.82, 2.24) is 0 Å². The largest absolute Gasteiger partial charge is 0.466 e. The predicted octanol–water partition coefficient (Wildman–Crippen LogP) is 5.90. The van der Waals surface area contributed by atoms with Gasteiger partial charge in [0.1, 0.15) is 0 Å². The predicted molar refractivity (Wildman–Crippen MR) is 125 cm³/mol. The lowest BCUT2D eigenvalue weighted by atomic mass is 10.2. The van der Waals surface area contributed by atoms with Crippen molar-refractivity contribution in [3.63, 3.8) is 0 Å². The first-order chi connectivity index (χ1) is 14.3. The van der Waals surface area contributed by atoms with Gasteiger partial charge in [-0.3, -0.25) is 0 Å². The highest BCUT2D eigenvalue weighted by molar-refractivity contribution is 5.82. The molecule has 0 unspecified atom stereocenters. The zero-order valence-electron chi connectivity index (χ0n) is 18.7. The van der Waals surface area contributed by atoms with E-state index in [1.165, 1.54) is 26.4 Å². The molecule has 0 aliphatic carbocycles. The molecule has 0 rings (SSSR count). The van der Waals surface area contributed by atoms with E-state index in [4.69, 9.17) is 0 Å². The maximum absolute atomic E-state index is 11.0. The van der Waals surface area contributed by atoms with Crippen LogP contribution in [0.4, 0.5) is 0 Å². The van der Waals surface area contributed by atoms with Gasteiger partial charge in [-0.1, -0.05) is 95.2 Å². The van der Waals surface area contributed by atoms with Crippen LogP contribution in [0.2, 0.25) is 0 Å². The molecule has 0 saturated heterocycles. The normalized spacial score (nSPS) is 14.7. The molecule has 0 aromatic heterocycles. The Morgan fingerprint density at radius 2 is 0.767 bits per heavy atom. The lowest BCUT2D eigenvalue weighted by Crippen LogP contribution is -1.93. The van der Waals surface area contributed by atoms with E-state index in [0.29, 0.717) is 0 Å². The van der Waals surface area contributed by atoms with Gasteiger partial charge in [-0.05, 0) is 27.7 Å². The fourth-order valence-corrected chi connectivity index (χ4v) is 1.88. The first kappa shape index (κ1) is 26.6. The minimum Gasteiger partial charge on any atom is -0.466 e. The van der Waals surface area contributed by atoms with Crippen LogP contribution in [0.1, 0.15) is 27.7 Å². The molecule has 0 aromatic carbocycles. The van der Waals surface area contributed by atoms with Crippen LogP contribution >= 0.6 is 0 Å². The number of methoxy groups -OCH3 is 2. The molecule has 0 aliphatic heterocycles. The number of esters is 2. The van der Waals surface area contributed by atoms with Crippen LogP contribution in [-0.2, 0) is 19.1 Å². The fraction of sp³-hybridized carbons (Fsp3) is 0.231. The lowest BCUT2D eigenvalue weighted by molar-refractivity contribution is -0.135. The van der Waals surface area contributed by atoms with Gasteiger partial charge in [0, 0.05) is 12.2 Å². The highest BCUT2D eigenvalue weighted by Crippen LogP contribution is 2.02. The molecule has 0 amide bonds. The topological polar surface area (TPSA) is 52.6 Å². The van der Waals surface area contributed by atoms with Crippen LogP contribution in [-0.4, -0.2) is 26.2 Å². The standard InChI is InChI=1S/C26H32O4/c1-21(13-9-15-23(3)17-19-25(27)29-5)11-7-8-12-22(2)14-10-16-24(4)18-20-26(28)30-6/h7-20H,1-6H3/b8-7+,13-9+,14-10+,19-17+,20-18+,21-11+,22-12+,23-15-,24-16-. The average molecular weight is 409 g/mol. The van der Waals surface area contributed by atoms with E-state index in [1.54, 1.807) is 12.2 Å². The summed E-state index contributed by atoms with van der Waals surface area (Å²) in [6, 6.07) is 0. The maximum Gasteiger partial charge on any atom is 0.330 e. The summed E-state index contributed by atoms with van der Waals surface area (Å²) in [7, 11) is 2.71. The molecular weight excluding hydrogens is 376 g/mol. The summed E-state index contributed by atoms with van der Waals surface area (Å²) in [5, 5.41) is 0. The fourth-order valence-electron chi connectivity index (χ4n) is 1.88. The van der Waals surface area contributed by atoms with Crippen LogP contribution in [0.3, 0.4) is 0 Å². The van der Waals surface area contributed by atoms with Crippen molar-refractivity contribution in [3.8, 4) is 0 Å². The lowest BCUT2D eigenvalue weighted by Gasteiger charge is -1.92. The van der Waals surface area contributed by atoms with Crippen molar-refractivity contribution in [3.05, 3.63) is 107 Å². The molecule has 0 aromatic rings. The van der Waals surface area contributed by atoms with E-state index in [9.17, 15) is 9.59 Å². The monoisotopic (exact) mass is 408 g/mol. The second kappa shape index (κ2) is 16.5. The number of carbonyl (C=O) groups is 2. The van der Waals surface area contributed by atoms with E-state index >= 15 is 0 Å². The van der Waals surface area contributed by atoms with Gasteiger partial charge < -0.3 is 9.47 Å². The molecule has 0 atom stereocenters. The van der Waals surface area contributed by atoms with Crippen LogP contribution in [0, 0.1) is 0 Å². The van der Waals surface area contributed by atoms with Crippen molar-refractivity contribution in [2.24, 2.45) is 0 Å². The molecule has 0 radical (unpaired) electrons. The SMILES string of the molecule is COC(=O)/C=C/C(C)=C\C=C\C(C)=C\C=C\C=C(C)\C=C\C=C(C)/C=C/C(=O)OC. The van der Waals surface area contributed by atoms with Crippen LogP contribution in [0.5, 0.6) is 0 Å². The third-order valence-corrected chi connectivity index (χ3v) is 3.63. The summed E-state index contributed by atoms with van der Waals surface area (Å²) in [5.74, 6) is -0.736. The highest BCUT2D eigenvalue weighted by atomic mass is 16.5. The Morgan fingerprint density at radius 1 is 0.467 bits per heavy atom. The maximum atomic E-state index is 11.0. The number of hydrogen-bond acceptors (Lipinski definition) is 4. The molecule has 4 heteroatoms. The van der Waals surface area contributed by atoms with Gasteiger partial charge in [-0.15, -0.1) is 0 Å². The van der Waals surface area contributed by atoms with Gasteiger partial charge in [-0.25, -0.2) is 9.59 Å². The van der Waals surface area contributed by atoms with E-state index in [1.807, 2.05) is 88.5 Å². The molecule has 30 heavy (non-hydrogen) atoms. The van der Waals surface area contributed by atoms with Gasteiger partial charge in [-0.2, -0.15) is 0 Å². The van der Waals surface area contributed by atoms with Gasteiger partial charge in [0.25, 0.3) is 0 Å². The van der Waals surface area contributed by atoms with Crippen LogP contribution in [0.25, 0.3) is 0 Å². The van der Waals surface area contributed by atoms with Crippen molar-refractivity contribution in [1.29, 1.82) is 0 Å². The third kappa shape index (κ3) is 15.6. The molecule has 0 bridgehead atoms. The Kier molecular flexibility index (Phi) is 14.7. The summed E-state index contributed by atoms with van der Waals surface area (Å²) in [6.45, 7) is 7.85. The van der Waals surface area contributed by atoms with Gasteiger partial charge >= 0.3 is 11.9 Å². The molecule has 0 aliphatic rings. The Hall–Kier alpha value is -3.40. The Bertz CT molecular complexity index is 768. The second-order valence-electron chi connectivity index (χ2n) is 6.46. The van der Waals surface area contributed by atoms with Crippen molar-refractivity contribution in [2.75, 3.05) is 14.2 Å². The molecule has 0 saturated carbocycles. The molecule has 4 nitrogen and oxygen atoms in total. The molecule has 0 N–H and O–H groups in total. The summed E-state index contributed by atoms with van der Waals surface area (Å²) in [4.78, 5) is 22.1. The zero-order valence-corrected chi connectivity index (χ0v) is 18.7. The number of rotatable bonds is 10. The molecule has 0 fully saturated rings. The van der Waals surface area contributed by atoms with Gasteiger partial charge in [0.05, 0.1) is 14.2 Å². The van der Waals surface area contributed by atoms with Crippen molar-refractivity contribution >= 4 is 11.9 Å². The first-order valence-electron chi connectivity index (χ1n) is 9.52. The van der Waals surface area contributed by atoms with Crippen molar-refractivity contribution < 1.29 is 19.1 Å². The van der Waals surface area contributed by atoms with Crippen LogP contribution in [0.15, 0.2) is 107 Å². The summed E-state index contributed by atoms with van der Waals surface area (Å²) in [6.07, 6.45) is 25.9. The van der Waals surface area contributed by atoms with E-state index in [2.05, 4.69) is 9.47 Å². The van der Waals surface area contributed by atoms with Crippen molar-refractivity contribution in [2.45, 2.75) is 27.7 Å². The number of carbonyl (C=O) groups excluding carboxylic acids is 2. The quantitative estimate of drug-likeness (QED) is 0.257. The van der Waals surface area contributed by atoms with E-state index < -0.39 is 0 Å². The third-order valence-electron chi connectivity index (χ3n) is 3.63. The van der Waals surface area contributed by atoms with E-state index in [0.717, 1.165) is 22.3 Å². The second-order valence-corrected chi connectivity index (χ2v) is 6.46. The Morgan fingerprint density at radius 3 is 1.10 bits per heavy atom. The number of hydrogen-bond donors (Lipinski definition) is 0. The summed E-state index contributed by atoms with van der Waals surface area (Å²) in [5.41, 5.74) is 4.11. The number of ether oxygens (including phenoxy) is 2. The summed E-state index contributed by atoms with van der Waals surface area (Å²) < 4.78 is 9.10. The first-order valence-corrected chi connectivity index (χ1v) is 9.52. The summed E-state index contributed by atoms with van der Waals surface area (Å²) >= 11 is 0. The average Bonchev–Trinajstić information content (AvgIpc) is 2.73. The van der Waals surface area contributed by atoms with E-state index in [-0.39, 0.29) is 11.9 Å². The Balaban J connectivity index is 4.68. The Labute approximate surface area is 180 Å². The van der Waals surface area contributed by atoms with Crippen LogP contribution < -0.4 is 0 Å². The smallest absolute Gasteiger partial charge is 0.330 e. The minimum atomic E-state index is -0.368. The molecule has 160 valence electrons. The van der Waals surface area contributed by atoms with Gasteiger partial charge in [0.2, 0.25) is 0 Å².